The number of nitrogens with zero attached hydrogens (tertiary/aromatic N) is 3. The van der Waals surface area contributed by atoms with Crippen molar-refractivity contribution in [3.05, 3.63) is 24.2 Å². The van der Waals surface area contributed by atoms with Gasteiger partial charge in [0.05, 0.1) is 0 Å². The van der Waals surface area contributed by atoms with Crippen molar-refractivity contribution in [2.24, 2.45) is 5.92 Å². The maximum Gasteiger partial charge on any atom is 0.160 e. The molecule has 0 radical (unpaired) electrons. The van der Waals surface area contributed by atoms with Crippen LogP contribution in [0.3, 0.4) is 0 Å². The van der Waals surface area contributed by atoms with E-state index >= 15 is 0 Å². The Bertz CT molecular complexity index is 613. The molecule has 0 spiro atoms. The van der Waals surface area contributed by atoms with Crippen LogP contribution >= 0.6 is 0 Å². The highest BCUT2D eigenvalue weighted by molar-refractivity contribution is 5.71. The highest BCUT2D eigenvalue weighted by Crippen LogP contribution is 2.31. The van der Waals surface area contributed by atoms with E-state index in [1.807, 2.05) is 18.3 Å². The fourth-order valence-electron chi connectivity index (χ4n) is 3.37. The molecule has 2 aliphatic heterocycles. The summed E-state index contributed by atoms with van der Waals surface area (Å²) < 4.78 is 13.6. The first kappa shape index (κ1) is 13.2. The van der Waals surface area contributed by atoms with Crippen LogP contribution in [0.4, 0.5) is 0 Å². The maximum absolute atomic E-state index is 5.86. The Morgan fingerprint density at radius 3 is 2.90 bits per heavy atom. The second-order valence-corrected chi connectivity index (χ2v) is 5.98. The molecule has 0 amide bonds. The Morgan fingerprint density at radius 1 is 1.19 bits per heavy atom. The molecule has 0 saturated carbocycles. The van der Waals surface area contributed by atoms with E-state index in [2.05, 4.69) is 9.55 Å². The quantitative estimate of drug-likeness (QED) is 0.871. The van der Waals surface area contributed by atoms with Gasteiger partial charge in [0.15, 0.2) is 5.65 Å². The van der Waals surface area contributed by atoms with Crippen molar-refractivity contribution >= 4 is 11.2 Å². The topological polar surface area (TPSA) is 49.2 Å². The molecule has 2 fully saturated rings. The Morgan fingerprint density at radius 2 is 2.10 bits per heavy atom. The molecule has 5 heteroatoms. The summed E-state index contributed by atoms with van der Waals surface area (Å²) in [5.74, 6) is 1.71. The molecule has 5 nitrogen and oxygen atoms in total. The predicted molar refractivity (Wildman–Crippen MR) is 79.0 cm³/mol. The van der Waals surface area contributed by atoms with Crippen molar-refractivity contribution in [2.75, 3.05) is 19.8 Å². The van der Waals surface area contributed by atoms with Crippen LogP contribution in [0.1, 0.15) is 37.6 Å². The van der Waals surface area contributed by atoms with Crippen LogP contribution in [-0.2, 0) is 16.0 Å². The van der Waals surface area contributed by atoms with E-state index in [9.17, 15) is 0 Å². The standard InChI is InChI=1S/C16H21N3O2/c1-3-13-15(17-7-1)19(11-12-5-9-20-10-6-12)16(18-13)14-4-2-8-21-14/h1,3,7,12,14H,2,4-6,8-11H2. The molecular weight excluding hydrogens is 266 g/mol. The molecule has 2 saturated heterocycles. The van der Waals surface area contributed by atoms with Crippen LogP contribution in [0.25, 0.3) is 11.2 Å². The third-order valence-electron chi connectivity index (χ3n) is 4.53. The minimum absolute atomic E-state index is 0.138. The summed E-state index contributed by atoms with van der Waals surface area (Å²) in [6, 6.07) is 3.99. The Balaban J connectivity index is 1.70. The highest BCUT2D eigenvalue weighted by Gasteiger charge is 2.26. The van der Waals surface area contributed by atoms with Gasteiger partial charge in [-0.05, 0) is 43.7 Å². The van der Waals surface area contributed by atoms with E-state index in [1.165, 1.54) is 0 Å². The predicted octanol–water partition coefficient (Wildman–Crippen LogP) is 2.71. The van der Waals surface area contributed by atoms with Gasteiger partial charge in [-0.2, -0.15) is 0 Å². The molecule has 0 aliphatic carbocycles. The van der Waals surface area contributed by atoms with Crippen LogP contribution in [0, 0.1) is 5.92 Å². The van der Waals surface area contributed by atoms with Crippen molar-refractivity contribution in [3.63, 3.8) is 0 Å². The van der Waals surface area contributed by atoms with Gasteiger partial charge in [-0.25, -0.2) is 9.97 Å². The SMILES string of the molecule is c1cnc2c(c1)nc(C1CCCO1)n2CC1CCOCC1. The number of aromatic nitrogens is 3. The van der Waals surface area contributed by atoms with E-state index in [0.717, 1.165) is 69.0 Å². The zero-order valence-electron chi connectivity index (χ0n) is 12.2. The van der Waals surface area contributed by atoms with Crippen molar-refractivity contribution < 1.29 is 9.47 Å². The van der Waals surface area contributed by atoms with Crippen LogP contribution in [0.5, 0.6) is 0 Å². The molecule has 2 aliphatic rings. The lowest BCUT2D eigenvalue weighted by Gasteiger charge is -2.24. The first-order valence-corrected chi connectivity index (χ1v) is 7.92. The van der Waals surface area contributed by atoms with Gasteiger partial charge in [0, 0.05) is 32.6 Å². The zero-order chi connectivity index (χ0) is 14.1. The number of rotatable bonds is 3. The highest BCUT2D eigenvalue weighted by atomic mass is 16.5. The zero-order valence-corrected chi connectivity index (χ0v) is 12.2. The monoisotopic (exact) mass is 287 g/mol. The van der Waals surface area contributed by atoms with Crippen LogP contribution < -0.4 is 0 Å². The first-order chi connectivity index (χ1) is 10.4. The summed E-state index contributed by atoms with van der Waals surface area (Å²) in [5, 5.41) is 0. The molecule has 4 heterocycles. The van der Waals surface area contributed by atoms with Gasteiger partial charge in [-0.15, -0.1) is 0 Å². The molecule has 0 N–H and O–H groups in total. The van der Waals surface area contributed by atoms with Gasteiger partial charge in [-0.1, -0.05) is 0 Å². The van der Waals surface area contributed by atoms with Crippen LogP contribution in [-0.4, -0.2) is 34.4 Å². The van der Waals surface area contributed by atoms with Crippen LogP contribution in [0.2, 0.25) is 0 Å². The Labute approximate surface area is 124 Å². The second-order valence-electron chi connectivity index (χ2n) is 5.98. The Hall–Kier alpha value is -1.46. The van der Waals surface area contributed by atoms with Crippen molar-refractivity contribution in [3.8, 4) is 0 Å². The third kappa shape index (κ3) is 2.56. The summed E-state index contributed by atoms with van der Waals surface area (Å²) in [5.41, 5.74) is 1.98. The molecule has 112 valence electrons. The Kier molecular flexibility index (Phi) is 3.61. The van der Waals surface area contributed by atoms with Gasteiger partial charge >= 0.3 is 0 Å². The smallest absolute Gasteiger partial charge is 0.160 e. The maximum atomic E-state index is 5.86. The average Bonchev–Trinajstić information content (AvgIpc) is 3.16. The summed E-state index contributed by atoms with van der Waals surface area (Å²) in [7, 11) is 0. The van der Waals surface area contributed by atoms with Crippen LogP contribution in [0.15, 0.2) is 18.3 Å². The van der Waals surface area contributed by atoms with Crippen molar-refractivity contribution in [1.82, 2.24) is 14.5 Å². The molecule has 21 heavy (non-hydrogen) atoms. The largest absolute Gasteiger partial charge is 0.381 e. The molecule has 2 aromatic heterocycles. The molecule has 4 rings (SSSR count). The van der Waals surface area contributed by atoms with E-state index in [-0.39, 0.29) is 6.10 Å². The average molecular weight is 287 g/mol. The molecule has 0 bridgehead atoms. The van der Waals surface area contributed by atoms with E-state index < -0.39 is 0 Å². The summed E-state index contributed by atoms with van der Waals surface area (Å²) in [4.78, 5) is 9.36. The molecule has 1 atom stereocenters. The fourth-order valence-corrected chi connectivity index (χ4v) is 3.37. The first-order valence-electron chi connectivity index (χ1n) is 7.92. The number of hydrogen-bond acceptors (Lipinski definition) is 4. The van der Waals surface area contributed by atoms with Gasteiger partial charge < -0.3 is 14.0 Å². The number of imidazole rings is 1. The normalized spacial score (nSPS) is 23.9. The minimum atomic E-state index is 0.138. The van der Waals surface area contributed by atoms with Gasteiger partial charge in [0.2, 0.25) is 0 Å². The number of hydrogen-bond donors (Lipinski definition) is 0. The number of fused-ring (bicyclic) bond motifs is 1. The summed E-state index contributed by atoms with van der Waals surface area (Å²) in [6.07, 6.45) is 6.42. The van der Waals surface area contributed by atoms with Crippen molar-refractivity contribution in [1.29, 1.82) is 0 Å². The van der Waals surface area contributed by atoms with E-state index in [1.54, 1.807) is 0 Å². The molecule has 0 aromatic carbocycles. The molecule has 1 unspecified atom stereocenters. The minimum Gasteiger partial charge on any atom is -0.381 e. The third-order valence-corrected chi connectivity index (χ3v) is 4.53. The fraction of sp³-hybridized carbons (Fsp3) is 0.625. The van der Waals surface area contributed by atoms with E-state index in [4.69, 9.17) is 14.5 Å². The number of ether oxygens (including phenoxy) is 2. The van der Waals surface area contributed by atoms with Gasteiger partial charge in [0.25, 0.3) is 0 Å². The van der Waals surface area contributed by atoms with E-state index in [0.29, 0.717) is 5.92 Å². The summed E-state index contributed by atoms with van der Waals surface area (Å²) >= 11 is 0. The lowest BCUT2D eigenvalue weighted by atomic mass is 10.0. The summed E-state index contributed by atoms with van der Waals surface area (Å²) in [6.45, 7) is 3.57. The van der Waals surface area contributed by atoms with Gasteiger partial charge in [-0.3, -0.25) is 0 Å². The van der Waals surface area contributed by atoms with Crippen molar-refractivity contribution in [2.45, 2.75) is 38.3 Å². The lowest BCUT2D eigenvalue weighted by Crippen LogP contribution is -2.22. The van der Waals surface area contributed by atoms with Gasteiger partial charge in [0.1, 0.15) is 17.4 Å². The second kappa shape index (κ2) is 5.73. The lowest BCUT2D eigenvalue weighted by molar-refractivity contribution is 0.0591. The molecule has 2 aromatic rings. The molecular formula is C16H21N3O2. The number of pyridine rings is 1.